The number of anilines is 1. The van der Waals surface area contributed by atoms with E-state index in [2.05, 4.69) is 20.7 Å². The molecule has 0 saturated heterocycles. The fourth-order valence-electron chi connectivity index (χ4n) is 1.04. The van der Waals surface area contributed by atoms with Crippen LogP contribution in [0.3, 0.4) is 0 Å². The standard InChI is InChI=1S/C8H16N6O/c1-4-5(2)6(9)7(15)10-8-11-13-14(3)12-8/h5-6H,4,9H2,1-3H3,(H,10,12,15)/t5?,6-/m0/s1. The van der Waals surface area contributed by atoms with Crippen LogP contribution in [0, 0.1) is 5.92 Å². The molecule has 3 N–H and O–H groups in total. The summed E-state index contributed by atoms with van der Waals surface area (Å²) in [4.78, 5) is 12.8. The van der Waals surface area contributed by atoms with E-state index in [9.17, 15) is 4.79 Å². The van der Waals surface area contributed by atoms with Crippen LogP contribution in [0.2, 0.25) is 0 Å². The average Bonchev–Trinajstić information content (AvgIpc) is 2.61. The van der Waals surface area contributed by atoms with Gasteiger partial charge in [0.2, 0.25) is 5.91 Å². The van der Waals surface area contributed by atoms with E-state index < -0.39 is 6.04 Å². The van der Waals surface area contributed by atoms with E-state index in [1.165, 1.54) is 4.80 Å². The number of carbonyl (C=O) groups excluding carboxylic acids is 1. The zero-order chi connectivity index (χ0) is 11.4. The van der Waals surface area contributed by atoms with Gasteiger partial charge < -0.3 is 5.73 Å². The number of hydrogen-bond donors (Lipinski definition) is 2. The first-order chi connectivity index (χ1) is 7.04. The lowest BCUT2D eigenvalue weighted by atomic mass is 10.00. The largest absolute Gasteiger partial charge is 0.320 e. The molecule has 1 amide bonds. The Bertz CT molecular complexity index is 336. The van der Waals surface area contributed by atoms with Crippen molar-refractivity contribution in [1.82, 2.24) is 20.2 Å². The summed E-state index contributed by atoms with van der Waals surface area (Å²) in [5.74, 6) is 0.0280. The van der Waals surface area contributed by atoms with Crippen LogP contribution in [0.5, 0.6) is 0 Å². The second kappa shape index (κ2) is 4.83. The van der Waals surface area contributed by atoms with Crippen LogP contribution < -0.4 is 11.1 Å². The predicted molar refractivity (Wildman–Crippen MR) is 54.9 cm³/mol. The highest BCUT2D eigenvalue weighted by atomic mass is 16.2. The molecule has 0 fully saturated rings. The summed E-state index contributed by atoms with van der Waals surface area (Å²) in [6.07, 6.45) is 0.850. The number of rotatable bonds is 4. The molecule has 0 bridgehead atoms. The van der Waals surface area contributed by atoms with E-state index in [-0.39, 0.29) is 17.8 Å². The van der Waals surface area contributed by atoms with Crippen molar-refractivity contribution in [2.24, 2.45) is 18.7 Å². The topological polar surface area (TPSA) is 98.7 Å². The third kappa shape index (κ3) is 2.98. The van der Waals surface area contributed by atoms with E-state index in [1.54, 1.807) is 7.05 Å². The predicted octanol–water partition coefficient (Wildman–Crippen LogP) is -0.478. The van der Waals surface area contributed by atoms with Crippen molar-refractivity contribution in [3.63, 3.8) is 0 Å². The Kier molecular flexibility index (Phi) is 3.73. The normalized spacial score (nSPS) is 14.7. The molecular formula is C8H16N6O. The van der Waals surface area contributed by atoms with Gasteiger partial charge in [0.1, 0.15) is 0 Å². The Morgan fingerprint density at radius 3 is 2.80 bits per heavy atom. The van der Waals surface area contributed by atoms with Crippen molar-refractivity contribution in [2.45, 2.75) is 26.3 Å². The highest BCUT2D eigenvalue weighted by Crippen LogP contribution is 2.06. The molecule has 0 saturated carbocycles. The first-order valence-corrected chi connectivity index (χ1v) is 4.85. The number of tetrazole rings is 1. The molecule has 0 aromatic carbocycles. The van der Waals surface area contributed by atoms with Crippen molar-refractivity contribution in [2.75, 3.05) is 5.32 Å². The van der Waals surface area contributed by atoms with Gasteiger partial charge in [-0.2, -0.15) is 4.80 Å². The summed E-state index contributed by atoms with van der Waals surface area (Å²) in [6.45, 7) is 3.91. The van der Waals surface area contributed by atoms with Crippen LogP contribution in [-0.4, -0.2) is 32.2 Å². The van der Waals surface area contributed by atoms with Gasteiger partial charge in [-0.15, -0.1) is 5.10 Å². The molecule has 0 radical (unpaired) electrons. The summed E-state index contributed by atoms with van der Waals surface area (Å²) < 4.78 is 0. The number of hydrogen-bond acceptors (Lipinski definition) is 5. The van der Waals surface area contributed by atoms with Crippen LogP contribution in [-0.2, 0) is 11.8 Å². The van der Waals surface area contributed by atoms with Crippen LogP contribution in [0.25, 0.3) is 0 Å². The average molecular weight is 212 g/mol. The van der Waals surface area contributed by atoms with Gasteiger partial charge in [-0.05, 0) is 11.1 Å². The number of amides is 1. The Labute approximate surface area is 88.0 Å². The number of carbonyl (C=O) groups is 1. The van der Waals surface area contributed by atoms with Gasteiger partial charge in [0.25, 0.3) is 5.95 Å². The van der Waals surface area contributed by atoms with Crippen molar-refractivity contribution in [3.05, 3.63) is 0 Å². The molecule has 0 aliphatic carbocycles. The van der Waals surface area contributed by atoms with Crippen molar-refractivity contribution in [3.8, 4) is 0 Å². The van der Waals surface area contributed by atoms with Crippen LogP contribution in [0.1, 0.15) is 20.3 Å². The maximum atomic E-state index is 11.6. The van der Waals surface area contributed by atoms with Gasteiger partial charge in [0.05, 0.1) is 13.1 Å². The maximum absolute atomic E-state index is 11.6. The monoisotopic (exact) mass is 212 g/mol. The van der Waals surface area contributed by atoms with Crippen molar-refractivity contribution in [1.29, 1.82) is 0 Å². The van der Waals surface area contributed by atoms with Crippen LogP contribution in [0.4, 0.5) is 5.95 Å². The molecule has 0 aliphatic rings. The first-order valence-electron chi connectivity index (χ1n) is 4.85. The number of nitrogens with one attached hydrogen (secondary N) is 1. The number of aromatic nitrogens is 4. The minimum atomic E-state index is -0.543. The smallest absolute Gasteiger partial charge is 0.270 e. The maximum Gasteiger partial charge on any atom is 0.270 e. The molecule has 1 rings (SSSR count). The van der Waals surface area contributed by atoms with E-state index in [4.69, 9.17) is 5.73 Å². The summed E-state index contributed by atoms with van der Waals surface area (Å²) in [5.41, 5.74) is 5.73. The Balaban J connectivity index is 2.55. The SMILES string of the molecule is CCC(C)[C@H](N)C(=O)Nc1nnn(C)n1. The highest BCUT2D eigenvalue weighted by molar-refractivity contribution is 5.93. The van der Waals surface area contributed by atoms with Gasteiger partial charge in [-0.25, -0.2) is 0 Å². The van der Waals surface area contributed by atoms with E-state index in [1.807, 2.05) is 13.8 Å². The summed E-state index contributed by atoms with van der Waals surface area (Å²) in [5, 5.41) is 13.6. The summed E-state index contributed by atoms with van der Waals surface area (Å²) in [7, 11) is 1.62. The summed E-state index contributed by atoms with van der Waals surface area (Å²) in [6, 6.07) is -0.543. The lowest BCUT2D eigenvalue weighted by Gasteiger charge is -2.16. The molecule has 1 aromatic heterocycles. The summed E-state index contributed by atoms with van der Waals surface area (Å²) >= 11 is 0. The van der Waals surface area contributed by atoms with E-state index >= 15 is 0 Å². The van der Waals surface area contributed by atoms with Gasteiger partial charge in [0, 0.05) is 0 Å². The molecule has 1 aromatic rings. The highest BCUT2D eigenvalue weighted by Gasteiger charge is 2.20. The van der Waals surface area contributed by atoms with Gasteiger partial charge in [-0.3, -0.25) is 10.1 Å². The molecular weight excluding hydrogens is 196 g/mol. The van der Waals surface area contributed by atoms with E-state index in [0.29, 0.717) is 0 Å². The molecule has 1 heterocycles. The fourth-order valence-corrected chi connectivity index (χ4v) is 1.04. The lowest BCUT2D eigenvalue weighted by Crippen LogP contribution is -2.40. The van der Waals surface area contributed by atoms with Gasteiger partial charge >= 0.3 is 0 Å². The minimum Gasteiger partial charge on any atom is -0.320 e. The zero-order valence-electron chi connectivity index (χ0n) is 9.14. The third-order valence-corrected chi connectivity index (χ3v) is 2.30. The first kappa shape index (κ1) is 11.6. The minimum absolute atomic E-state index is 0.127. The molecule has 7 heteroatoms. The molecule has 2 atom stereocenters. The van der Waals surface area contributed by atoms with E-state index in [0.717, 1.165) is 6.42 Å². The Morgan fingerprint density at radius 1 is 1.67 bits per heavy atom. The zero-order valence-corrected chi connectivity index (χ0v) is 9.14. The molecule has 7 nitrogen and oxygen atoms in total. The molecule has 84 valence electrons. The van der Waals surface area contributed by atoms with Gasteiger partial charge in [0.15, 0.2) is 0 Å². The molecule has 0 spiro atoms. The molecule has 15 heavy (non-hydrogen) atoms. The third-order valence-electron chi connectivity index (χ3n) is 2.30. The Morgan fingerprint density at radius 2 is 2.33 bits per heavy atom. The van der Waals surface area contributed by atoms with Crippen molar-refractivity contribution >= 4 is 11.9 Å². The lowest BCUT2D eigenvalue weighted by molar-refractivity contribution is -0.118. The second-order valence-electron chi connectivity index (χ2n) is 3.50. The number of nitrogens with zero attached hydrogens (tertiary/aromatic N) is 4. The molecule has 1 unspecified atom stereocenters. The second-order valence-corrected chi connectivity index (χ2v) is 3.50. The fraction of sp³-hybridized carbons (Fsp3) is 0.750. The van der Waals surface area contributed by atoms with Crippen LogP contribution >= 0.6 is 0 Å². The Hall–Kier alpha value is -1.50. The van der Waals surface area contributed by atoms with Crippen molar-refractivity contribution < 1.29 is 4.79 Å². The van der Waals surface area contributed by atoms with Crippen LogP contribution in [0.15, 0.2) is 0 Å². The quantitative estimate of drug-likeness (QED) is 0.702. The number of aryl methyl sites for hydroxylation is 1. The molecule has 0 aliphatic heterocycles. The van der Waals surface area contributed by atoms with Gasteiger partial charge in [-0.1, -0.05) is 25.4 Å². The number of nitrogens with two attached hydrogens (primary N) is 1.